The average molecular weight is 452 g/mol. The summed E-state index contributed by atoms with van der Waals surface area (Å²) >= 11 is 7.04. The summed E-state index contributed by atoms with van der Waals surface area (Å²) < 4.78 is 8.96. The SMILES string of the molecule is COc1ccc(Cl)cc1NC(=O)C(=O)NCC1CCN(C(=O)c2snnc2C)CC1. The normalized spacial score (nSPS) is 14.3. The lowest BCUT2D eigenvalue weighted by Gasteiger charge is -2.31. The van der Waals surface area contributed by atoms with Gasteiger partial charge in [-0.2, -0.15) is 0 Å². The Bertz CT molecular complexity index is 943. The average Bonchev–Trinajstić information content (AvgIpc) is 3.17. The zero-order valence-corrected chi connectivity index (χ0v) is 18.2. The molecular weight excluding hydrogens is 430 g/mol. The van der Waals surface area contributed by atoms with Crippen LogP contribution in [-0.4, -0.2) is 59.0 Å². The summed E-state index contributed by atoms with van der Waals surface area (Å²) in [5, 5.41) is 9.46. The Labute approximate surface area is 182 Å². The van der Waals surface area contributed by atoms with E-state index in [2.05, 4.69) is 20.2 Å². The Morgan fingerprint density at radius 1 is 1.27 bits per heavy atom. The van der Waals surface area contributed by atoms with E-state index in [-0.39, 0.29) is 11.8 Å². The van der Waals surface area contributed by atoms with Gasteiger partial charge in [-0.05, 0) is 55.4 Å². The molecule has 2 aromatic rings. The molecule has 160 valence electrons. The maximum atomic E-state index is 12.5. The number of aromatic nitrogens is 2. The molecular formula is C19H22ClN5O4S. The number of carbonyl (C=O) groups excluding carboxylic acids is 3. The van der Waals surface area contributed by atoms with Gasteiger partial charge >= 0.3 is 11.8 Å². The van der Waals surface area contributed by atoms with Gasteiger partial charge in [-0.3, -0.25) is 14.4 Å². The van der Waals surface area contributed by atoms with Gasteiger partial charge in [-0.15, -0.1) is 5.10 Å². The highest BCUT2D eigenvalue weighted by molar-refractivity contribution is 7.07. The Kier molecular flexibility index (Phi) is 7.22. The number of hydrogen-bond acceptors (Lipinski definition) is 7. The van der Waals surface area contributed by atoms with Crippen LogP contribution in [0.5, 0.6) is 5.75 Å². The highest BCUT2D eigenvalue weighted by atomic mass is 35.5. The van der Waals surface area contributed by atoms with Crippen LogP contribution in [0.3, 0.4) is 0 Å². The van der Waals surface area contributed by atoms with E-state index in [1.165, 1.54) is 13.2 Å². The number of anilines is 1. The van der Waals surface area contributed by atoms with Crippen LogP contribution in [-0.2, 0) is 9.59 Å². The number of nitrogens with zero attached hydrogens (tertiary/aromatic N) is 3. The second-order valence-electron chi connectivity index (χ2n) is 6.93. The van der Waals surface area contributed by atoms with Crippen LogP contribution in [0.15, 0.2) is 18.2 Å². The molecule has 2 heterocycles. The van der Waals surface area contributed by atoms with E-state index in [9.17, 15) is 14.4 Å². The number of halogens is 1. The van der Waals surface area contributed by atoms with Crippen LogP contribution in [0.2, 0.25) is 5.02 Å². The van der Waals surface area contributed by atoms with E-state index < -0.39 is 11.8 Å². The topological polar surface area (TPSA) is 114 Å². The number of likely N-dealkylation sites (tertiary alicyclic amines) is 1. The predicted molar refractivity (Wildman–Crippen MR) is 113 cm³/mol. The van der Waals surface area contributed by atoms with Crippen molar-refractivity contribution < 1.29 is 19.1 Å². The first-order chi connectivity index (χ1) is 14.4. The molecule has 0 radical (unpaired) electrons. The lowest BCUT2D eigenvalue weighted by atomic mass is 9.96. The molecule has 0 aliphatic carbocycles. The van der Waals surface area contributed by atoms with Gasteiger partial charge in [0.25, 0.3) is 5.91 Å². The molecule has 11 heteroatoms. The first kappa shape index (κ1) is 22.0. The van der Waals surface area contributed by atoms with Gasteiger partial charge in [0.1, 0.15) is 10.6 Å². The van der Waals surface area contributed by atoms with Crippen LogP contribution < -0.4 is 15.4 Å². The first-order valence-corrected chi connectivity index (χ1v) is 10.5. The van der Waals surface area contributed by atoms with Gasteiger partial charge in [0.05, 0.1) is 18.5 Å². The Morgan fingerprint density at radius 3 is 2.63 bits per heavy atom. The van der Waals surface area contributed by atoms with Crippen LogP contribution >= 0.6 is 23.1 Å². The lowest BCUT2D eigenvalue weighted by Crippen LogP contribution is -2.43. The molecule has 1 saturated heterocycles. The predicted octanol–water partition coefficient (Wildman–Crippen LogP) is 2.12. The van der Waals surface area contributed by atoms with E-state index in [4.69, 9.17) is 16.3 Å². The summed E-state index contributed by atoms with van der Waals surface area (Å²) in [4.78, 5) is 39.2. The van der Waals surface area contributed by atoms with Gasteiger partial charge in [0, 0.05) is 24.7 Å². The molecule has 1 aromatic carbocycles. The molecule has 0 saturated carbocycles. The van der Waals surface area contributed by atoms with Gasteiger partial charge in [0.2, 0.25) is 0 Å². The smallest absolute Gasteiger partial charge is 0.313 e. The highest BCUT2D eigenvalue weighted by Crippen LogP contribution is 2.27. The largest absolute Gasteiger partial charge is 0.495 e. The number of benzene rings is 1. The third-order valence-electron chi connectivity index (χ3n) is 4.91. The first-order valence-electron chi connectivity index (χ1n) is 9.40. The van der Waals surface area contributed by atoms with E-state index in [1.807, 2.05) is 0 Å². The standard InChI is InChI=1S/C19H22ClN5O4S/c1-11-16(30-24-23-11)19(28)25-7-5-12(6-8-25)10-21-17(26)18(27)22-14-9-13(20)3-4-15(14)29-2/h3-4,9,12H,5-8,10H2,1-2H3,(H,21,26)(H,22,27). The summed E-state index contributed by atoms with van der Waals surface area (Å²) in [7, 11) is 1.46. The molecule has 9 nitrogen and oxygen atoms in total. The molecule has 3 amide bonds. The molecule has 1 aliphatic rings. The molecule has 1 aliphatic heterocycles. The quantitative estimate of drug-likeness (QED) is 0.673. The molecule has 1 fully saturated rings. The molecule has 1 aromatic heterocycles. The molecule has 30 heavy (non-hydrogen) atoms. The Hall–Kier alpha value is -2.72. The number of aryl methyl sites for hydroxylation is 1. The number of hydrogen-bond donors (Lipinski definition) is 2. The lowest BCUT2D eigenvalue weighted by molar-refractivity contribution is -0.136. The third kappa shape index (κ3) is 5.25. The zero-order chi connectivity index (χ0) is 21.7. The minimum absolute atomic E-state index is 0.0557. The van der Waals surface area contributed by atoms with Crippen LogP contribution in [0, 0.1) is 12.8 Å². The fourth-order valence-corrected chi connectivity index (χ4v) is 3.98. The molecule has 0 bridgehead atoms. The van der Waals surface area contributed by atoms with E-state index in [0.717, 1.165) is 24.4 Å². The number of carbonyl (C=O) groups is 3. The van der Waals surface area contributed by atoms with Crippen molar-refractivity contribution >= 4 is 46.5 Å². The van der Waals surface area contributed by atoms with Gasteiger partial charge in [-0.1, -0.05) is 16.1 Å². The van der Waals surface area contributed by atoms with E-state index in [1.54, 1.807) is 24.0 Å². The van der Waals surface area contributed by atoms with E-state index >= 15 is 0 Å². The highest BCUT2D eigenvalue weighted by Gasteiger charge is 2.27. The maximum Gasteiger partial charge on any atom is 0.313 e. The van der Waals surface area contributed by atoms with E-state index in [0.29, 0.717) is 46.7 Å². The summed E-state index contributed by atoms with van der Waals surface area (Å²) in [6.45, 7) is 3.30. The summed E-state index contributed by atoms with van der Waals surface area (Å²) in [6, 6.07) is 4.74. The summed E-state index contributed by atoms with van der Waals surface area (Å²) in [6.07, 6.45) is 1.47. The van der Waals surface area contributed by atoms with Crippen LogP contribution in [0.1, 0.15) is 28.2 Å². The number of ether oxygens (including phenoxy) is 1. The van der Waals surface area contributed by atoms with Crippen molar-refractivity contribution in [2.75, 3.05) is 32.1 Å². The van der Waals surface area contributed by atoms with Crippen molar-refractivity contribution in [3.05, 3.63) is 33.8 Å². The van der Waals surface area contributed by atoms with Gasteiger partial charge in [0.15, 0.2) is 0 Å². The number of amides is 3. The molecule has 0 unspecified atom stereocenters. The van der Waals surface area contributed by atoms with Crippen molar-refractivity contribution in [3.8, 4) is 5.75 Å². The second-order valence-corrected chi connectivity index (χ2v) is 8.12. The van der Waals surface area contributed by atoms with Crippen molar-refractivity contribution in [1.29, 1.82) is 0 Å². The molecule has 2 N–H and O–H groups in total. The van der Waals surface area contributed by atoms with Gasteiger partial charge in [-0.25, -0.2) is 0 Å². The minimum Gasteiger partial charge on any atom is -0.495 e. The molecule has 0 atom stereocenters. The van der Waals surface area contributed by atoms with Crippen LogP contribution in [0.25, 0.3) is 0 Å². The van der Waals surface area contributed by atoms with Crippen molar-refractivity contribution in [3.63, 3.8) is 0 Å². The second kappa shape index (κ2) is 9.86. The fraction of sp³-hybridized carbons (Fsp3) is 0.421. The number of methoxy groups -OCH3 is 1. The Morgan fingerprint density at radius 2 is 2.00 bits per heavy atom. The summed E-state index contributed by atoms with van der Waals surface area (Å²) in [5.41, 5.74) is 0.964. The number of nitrogens with one attached hydrogen (secondary N) is 2. The zero-order valence-electron chi connectivity index (χ0n) is 16.6. The van der Waals surface area contributed by atoms with Crippen LogP contribution in [0.4, 0.5) is 5.69 Å². The molecule has 3 rings (SSSR count). The minimum atomic E-state index is -0.795. The van der Waals surface area contributed by atoms with Crippen molar-refractivity contribution in [1.82, 2.24) is 19.8 Å². The van der Waals surface area contributed by atoms with Crippen molar-refractivity contribution in [2.45, 2.75) is 19.8 Å². The van der Waals surface area contributed by atoms with Crippen molar-refractivity contribution in [2.24, 2.45) is 5.92 Å². The fourth-order valence-electron chi connectivity index (χ4n) is 3.19. The maximum absolute atomic E-state index is 12.5. The number of piperidine rings is 1. The number of rotatable bonds is 5. The summed E-state index contributed by atoms with van der Waals surface area (Å²) in [5.74, 6) is -0.991. The third-order valence-corrected chi connectivity index (χ3v) is 5.97. The monoisotopic (exact) mass is 451 g/mol. The molecule has 0 spiro atoms. The Balaban J connectivity index is 1.46. The van der Waals surface area contributed by atoms with Gasteiger partial charge < -0.3 is 20.3 Å².